The molecule has 4 nitrogen and oxygen atoms in total. The molecule has 0 aliphatic heterocycles. The van der Waals surface area contributed by atoms with Crippen molar-refractivity contribution in [1.82, 2.24) is 4.98 Å². The molecule has 1 heterocycles. The maximum absolute atomic E-state index is 11.2. The van der Waals surface area contributed by atoms with Crippen LogP contribution in [-0.2, 0) is 0 Å². The monoisotopic (exact) mass is 290 g/mol. The van der Waals surface area contributed by atoms with E-state index in [1.54, 1.807) is 12.1 Å². The van der Waals surface area contributed by atoms with Crippen molar-refractivity contribution in [3.8, 4) is 0 Å². The van der Waals surface area contributed by atoms with Gasteiger partial charge in [0.05, 0.1) is 5.56 Å². The summed E-state index contributed by atoms with van der Waals surface area (Å²) in [5, 5.41) is 12.5. The maximum Gasteiger partial charge on any atom is 0.335 e. The molecule has 1 aliphatic rings. The summed E-state index contributed by atoms with van der Waals surface area (Å²) >= 11 is 0. The highest BCUT2D eigenvalue weighted by Crippen LogP contribution is 2.68. The van der Waals surface area contributed by atoms with Crippen molar-refractivity contribution >= 4 is 11.8 Å². The van der Waals surface area contributed by atoms with Gasteiger partial charge in [0, 0.05) is 12.2 Å². The summed E-state index contributed by atoms with van der Waals surface area (Å²) in [7, 11) is 0. The van der Waals surface area contributed by atoms with E-state index in [1.807, 2.05) is 13.8 Å². The van der Waals surface area contributed by atoms with E-state index < -0.39 is 5.97 Å². The second kappa shape index (κ2) is 5.00. The minimum atomic E-state index is -0.908. The summed E-state index contributed by atoms with van der Waals surface area (Å²) in [6.07, 6.45) is 0. The first kappa shape index (κ1) is 15.8. The lowest BCUT2D eigenvalue weighted by Crippen LogP contribution is -2.11. The van der Waals surface area contributed by atoms with E-state index in [-0.39, 0.29) is 5.92 Å². The molecule has 2 rings (SSSR count). The second-order valence-electron chi connectivity index (χ2n) is 7.50. The third-order valence-electron chi connectivity index (χ3n) is 5.49. The number of nitrogens with zero attached hydrogens (tertiary/aromatic N) is 1. The molecule has 0 radical (unpaired) electrons. The van der Waals surface area contributed by atoms with Gasteiger partial charge in [-0.3, -0.25) is 0 Å². The fraction of sp³-hybridized carbons (Fsp3) is 0.647. The molecule has 0 unspecified atom stereocenters. The predicted octanol–water partition coefficient (Wildman–Crippen LogP) is 4.00. The smallest absolute Gasteiger partial charge is 0.335 e. The van der Waals surface area contributed by atoms with Gasteiger partial charge in [-0.25, -0.2) is 9.78 Å². The third-order valence-corrected chi connectivity index (χ3v) is 5.49. The summed E-state index contributed by atoms with van der Waals surface area (Å²) in [4.78, 5) is 15.8. The maximum atomic E-state index is 11.2. The summed E-state index contributed by atoms with van der Waals surface area (Å²) in [5.41, 5.74) is 1.73. The largest absolute Gasteiger partial charge is 0.478 e. The van der Waals surface area contributed by atoms with Crippen LogP contribution in [0.15, 0.2) is 12.1 Å². The quantitative estimate of drug-likeness (QED) is 0.860. The van der Waals surface area contributed by atoms with Crippen LogP contribution < -0.4 is 5.32 Å². The molecule has 0 amide bonds. The van der Waals surface area contributed by atoms with Crippen molar-refractivity contribution in [2.45, 2.75) is 47.5 Å². The zero-order valence-electron chi connectivity index (χ0n) is 13.8. The molecular formula is C17H26N2O2. The first-order valence-electron chi connectivity index (χ1n) is 7.56. The third kappa shape index (κ3) is 2.76. The predicted molar refractivity (Wildman–Crippen MR) is 84.8 cm³/mol. The number of carbonyl (C=O) groups is 1. The van der Waals surface area contributed by atoms with Crippen LogP contribution in [-0.4, -0.2) is 22.6 Å². The zero-order valence-corrected chi connectivity index (χ0v) is 13.8. The molecule has 1 aromatic heterocycles. The van der Waals surface area contributed by atoms with Gasteiger partial charge < -0.3 is 10.4 Å². The molecule has 1 aromatic rings. The van der Waals surface area contributed by atoms with Crippen LogP contribution in [0, 0.1) is 16.7 Å². The Hall–Kier alpha value is -1.58. The van der Waals surface area contributed by atoms with Gasteiger partial charge in [0.1, 0.15) is 5.82 Å². The topological polar surface area (TPSA) is 62.2 Å². The van der Waals surface area contributed by atoms with Crippen LogP contribution in [0.3, 0.4) is 0 Å². The summed E-state index contributed by atoms with van der Waals surface area (Å²) < 4.78 is 0. The molecule has 2 N–H and O–H groups in total. The molecule has 0 spiro atoms. The minimum Gasteiger partial charge on any atom is -0.478 e. The highest BCUT2D eigenvalue weighted by Gasteiger charge is 2.64. The average molecular weight is 290 g/mol. The molecule has 21 heavy (non-hydrogen) atoms. The lowest BCUT2D eigenvalue weighted by molar-refractivity contribution is 0.0696. The van der Waals surface area contributed by atoms with Crippen LogP contribution in [0.25, 0.3) is 0 Å². The van der Waals surface area contributed by atoms with E-state index in [4.69, 9.17) is 0 Å². The summed E-state index contributed by atoms with van der Waals surface area (Å²) in [6, 6.07) is 3.28. The van der Waals surface area contributed by atoms with Gasteiger partial charge in [-0.15, -0.1) is 0 Å². The number of aromatic nitrogens is 1. The number of carboxylic acid groups (broad SMARTS) is 1. The van der Waals surface area contributed by atoms with E-state index >= 15 is 0 Å². The van der Waals surface area contributed by atoms with Crippen molar-refractivity contribution in [1.29, 1.82) is 0 Å². The van der Waals surface area contributed by atoms with Crippen LogP contribution in [0.2, 0.25) is 0 Å². The Labute approximate surface area is 127 Å². The lowest BCUT2D eigenvalue weighted by atomic mass is 10.0. The fourth-order valence-electron chi connectivity index (χ4n) is 3.11. The van der Waals surface area contributed by atoms with E-state index in [0.717, 1.165) is 12.2 Å². The van der Waals surface area contributed by atoms with Gasteiger partial charge >= 0.3 is 5.97 Å². The number of pyridine rings is 1. The molecule has 1 saturated carbocycles. The zero-order chi connectivity index (χ0) is 16.0. The van der Waals surface area contributed by atoms with Crippen molar-refractivity contribution in [2.24, 2.45) is 16.7 Å². The minimum absolute atomic E-state index is 0.207. The molecule has 0 atom stereocenters. The highest BCUT2D eigenvalue weighted by atomic mass is 16.4. The van der Waals surface area contributed by atoms with Crippen LogP contribution in [0.1, 0.15) is 63.5 Å². The Morgan fingerprint density at radius 2 is 1.86 bits per heavy atom. The molecule has 0 aromatic carbocycles. The van der Waals surface area contributed by atoms with Gasteiger partial charge in [-0.2, -0.15) is 0 Å². The van der Waals surface area contributed by atoms with Crippen LogP contribution >= 0.6 is 0 Å². The second-order valence-corrected chi connectivity index (χ2v) is 7.50. The number of hydrogen-bond donors (Lipinski definition) is 2. The van der Waals surface area contributed by atoms with Gasteiger partial charge in [-0.05, 0) is 34.8 Å². The number of aromatic carboxylic acids is 1. The summed E-state index contributed by atoms with van der Waals surface area (Å²) in [6.45, 7) is 14.0. The lowest BCUT2D eigenvalue weighted by Gasteiger charge is -2.12. The standard InChI is InChI=1S/C17H26N2O2/c1-10(2)12-7-11(15(20)21)8-14(19-12)18-9-13-16(3,4)17(13,5)6/h7-8,10,13H,9H2,1-6H3,(H,18,19)(H,20,21). The van der Waals surface area contributed by atoms with E-state index in [1.165, 1.54) is 0 Å². The van der Waals surface area contributed by atoms with E-state index in [2.05, 4.69) is 38.0 Å². The Morgan fingerprint density at radius 1 is 1.29 bits per heavy atom. The number of anilines is 1. The van der Waals surface area contributed by atoms with E-state index in [0.29, 0.717) is 28.1 Å². The van der Waals surface area contributed by atoms with Crippen molar-refractivity contribution < 1.29 is 9.90 Å². The van der Waals surface area contributed by atoms with Crippen LogP contribution in [0.5, 0.6) is 0 Å². The Morgan fingerprint density at radius 3 is 2.29 bits per heavy atom. The molecule has 4 heteroatoms. The fourth-order valence-corrected chi connectivity index (χ4v) is 3.11. The Bertz CT molecular complexity index is 548. The Balaban J connectivity index is 2.15. The molecular weight excluding hydrogens is 264 g/mol. The van der Waals surface area contributed by atoms with Crippen molar-refractivity contribution in [2.75, 3.05) is 11.9 Å². The van der Waals surface area contributed by atoms with Gasteiger partial charge in [0.25, 0.3) is 0 Å². The van der Waals surface area contributed by atoms with Gasteiger partial charge in [0.2, 0.25) is 0 Å². The molecule has 0 saturated heterocycles. The SMILES string of the molecule is CC(C)c1cc(C(=O)O)cc(NCC2C(C)(C)C2(C)C)n1. The molecule has 1 fully saturated rings. The molecule has 1 aliphatic carbocycles. The van der Waals surface area contributed by atoms with E-state index in [9.17, 15) is 9.90 Å². The molecule has 0 bridgehead atoms. The van der Waals surface area contributed by atoms with Gasteiger partial charge in [-0.1, -0.05) is 41.5 Å². The summed E-state index contributed by atoms with van der Waals surface area (Å²) in [5.74, 6) is 0.535. The van der Waals surface area contributed by atoms with Crippen molar-refractivity contribution in [3.63, 3.8) is 0 Å². The number of carboxylic acids is 1. The highest BCUT2D eigenvalue weighted by molar-refractivity contribution is 5.88. The number of nitrogens with one attached hydrogen (secondary N) is 1. The van der Waals surface area contributed by atoms with Gasteiger partial charge in [0.15, 0.2) is 0 Å². The number of rotatable bonds is 5. The van der Waals surface area contributed by atoms with Crippen LogP contribution in [0.4, 0.5) is 5.82 Å². The average Bonchev–Trinajstić information content (AvgIpc) is 2.76. The first-order valence-corrected chi connectivity index (χ1v) is 7.56. The van der Waals surface area contributed by atoms with Crippen molar-refractivity contribution in [3.05, 3.63) is 23.4 Å². The first-order chi connectivity index (χ1) is 9.57. The molecule has 116 valence electrons. The normalized spacial score (nSPS) is 19.6. The Kier molecular flexibility index (Phi) is 3.77. The number of hydrogen-bond acceptors (Lipinski definition) is 3.